The fourth-order valence-electron chi connectivity index (χ4n) is 16.7. The van der Waals surface area contributed by atoms with E-state index >= 15 is 0 Å². The lowest BCUT2D eigenvalue weighted by Crippen LogP contribution is -3.00. The van der Waals surface area contributed by atoms with Gasteiger partial charge in [0.25, 0.3) is 0 Å². The molecule has 19 nitrogen and oxygen atoms in total. The largest absolute Gasteiger partial charge is 1.00 e. The second kappa shape index (κ2) is 43.0. The Morgan fingerprint density at radius 1 is 0.521 bits per heavy atom. The van der Waals surface area contributed by atoms with Gasteiger partial charge in [-0.3, -0.25) is 14.7 Å². The van der Waals surface area contributed by atoms with Gasteiger partial charge in [-0.05, 0) is 180 Å². The number of carboxylic acids is 1. The van der Waals surface area contributed by atoms with Gasteiger partial charge < -0.3 is 78.7 Å². The molecule has 119 heavy (non-hydrogen) atoms. The second-order valence-corrected chi connectivity index (χ2v) is 33.7. The van der Waals surface area contributed by atoms with Crippen molar-refractivity contribution < 1.29 is 119 Å². The summed E-state index contributed by atoms with van der Waals surface area (Å²) in [6.45, 7) is 21.6. The molecule has 3 aromatic heterocycles. The minimum Gasteiger partial charge on any atom is -1.00 e. The fourth-order valence-corrected chi connectivity index (χ4v) is 19.1. The van der Waals surface area contributed by atoms with Gasteiger partial charge in [-0.2, -0.15) is 24.5 Å². The van der Waals surface area contributed by atoms with Crippen molar-refractivity contribution >= 4 is 87.9 Å². The Hall–Kier alpha value is -9.75. The smallest absolute Gasteiger partial charge is 0.430 e. The standard InChI is InChI=1S/2C29H34FN2O3S.C29H32FN2O3S.C2HF3O2.CH2O2.BrH/c2*1-21-12-17-36-28(21)19-31(26-9-8-24(30)18-22(26)2)29(33)35-27-20-32(13-10-23(27)11-14-32)15-16-34-25-6-4-3-5-7-25;1-34-27-10-9-25(18-26(27)30)31(19-23-13-17-36-21-23)29(33)35-28-20-32(15-11-24(28)12-16-32)14-5-8-22-6-3-2-4-7-22;3-2(4,5)1(6)7;2-1-3;/h2*3-9,12,17-18,23,27H,10-11,13-16,19-20H2,1-2H3;2-10,13,17-18,21,24,28H,11-12,14-16,19-20H2,1H3;(H,6,7);1H,(H,2,3);1H/q3*+1;;;/p-3/t2*23?,27-,32?;24?,28-,32?;;;/m000.../s1. The number of fused-ring (bicyclic) bond motifs is 9. The van der Waals surface area contributed by atoms with E-state index in [9.17, 15) is 40.7 Å². The lowest BCUT2D eigenvalue weighted by Gasteiger charge is -2.52. The van der Waals surface area contributed by atoms with Crippen LogP contribution < -0.4 is 56.1 Å². The Kier molecular flexibility index (Phi) is 33.1. The summed E-state index contributed by atoms with van der Waals surface area (Å²) in [6, 6.07) is 49.9. The molecule has 0 spiro atoms. The number of thiophene rings is 3. The van der Waals surface area contributed by atoms with Crippen molar-refractivity contribution in [3.8, 4) is 17.2 Å². The Bertz CT molecular complexity index is 4590. The zero-order chi connectivity index (χ0) is 84.0. The molecule has 6 aromatic carbocycles. The van der Waals surface area contributed by atoms with Crippen LogP contribution in [0.4, 0.5) is 57.8 Å². The number of halogens is 7. The quantitative estimate of drug-likeness (QED) is 0.0240. The number of quaternary nitrogens is 3. The van der Waals surface area contributed by atoms with Gasteiger partial charge in [0.2, 0.25) is 0 Å². The maximum absolute atomic E-state index is 14.5. The highest BCUT2D eigenvalue weighted by molar-refractivity contribution is 7.10. The molecule has 636 valence electrons. The van der Waals surface area contributed by atoms with Crippen LogP contribution in [0.1, 0.15) is 81.7 Å². The van der Waals surface area contributed by atoms with Crippen LogP contribution in [0.5, 0.6) is 17.2 Å². The summed E-state index contributed by atoms with van der Waals surface area (Å²) in [6.07, 6.45) is 4.06. The predicted octanol–water partition coefficient (Wildman–Crippen LogP) is 13.7. The van der Waals surface area contributed by atoms with Gasteiger partial charge in [-0.1, -0.05) is 72.8 Å². The monoisotopic (exact) mass is 1760 g/mol. The van der Waals surface area contributed by atoms with Crippen molar-refractivity contribution in [1.82, 2.24) is 0 Å². The van der Waals surface area contributed by atoms with Gasteiger partial charge in [0.05, 0.1) is 89.6 Å². The lowest BCUT2D eigenvalue weighted by atomic mass is 9.83. The first-order chi connectivity index (χ1) is 56.8. The third kappa shape index (κ3) is 25.2. The van der Waals surface area contributed by atoms with E-state index in [1.165, 1.54) is 47.9 Å². The topological polar surface area (TPSA) is 197 Å². The van der Waals surface area contributed by atoms with E-state index in [1.807, 2.05) is 134 Å². The number of nitrogens with zero attached hydrogens (tertiary/aromatic N) is 6. The van der Waals surface area contributed by atoms with Crippen molar-refractivity contribution in [1.29, 1.82) is 0 Å². The van der Waals surface area contributed by atoms with E-state index in [1.54, 1.807) is 68.1 Å². The number of benzene rings is 6. The second-order valence-electron chi connectivity index (χ2n) is 31.0. The Morgan fingerprint density at radius 2 is 0.933 bits per heavy atom. The van der Waals surface area contributed by atoms with E-state index < -0.39 is 30.5 Å². The molecule has 18 rings (SSSR count). The molecule has 3 atom stereocenters. The Balaban J connectivity index is 0.000000176. The number of ether oxygens (including phenoxy) is 6. The number of amides is 3. The third-order valence-electron chi connectivity index (χ3n) is 23.3. The molecule has 0 radical (unpaired) electrons. The molecule has 0 saturated carbocycles. The normalized spacial score (nSPS) is 21.6. The van der Waals surface area contributed by atoms with E-state index in [-0.39, 0.29) is 64.9 Å². The van der Waals surface area contributed by atoms with Gasteiger partial charge in [0.1, 0.15) is 75.0 Å². The first-order valence-electron chi connectivity index (χ1n) is 39.6. The highest BCUT2D eigenvalue weighted by Crippen LogP contribution is 2.41. The predicted molar refractivity (Wildman–Crippen MR) is 441 cm³/mol. The van der Waals surface area contributed by atoms with Crippen LogP contribution in [-0.2, 0) is 43.4 Å². The van der Waals surface area contributed by atoms with Crippen molar-refractivity contribution in [3.63, 3.8) is 0 Å². The molecule has 12 heterocycles. The number of carbonyl (C=O) groups is 5. The highest BCUT2D eigenvalue weighted by atomic mass is 79.9. The molecular weight excluding hydrogens is 1660 g/mol. The number of anilines is 3. The fraction of sp³-hybridized carbons (Fsp3) is 0.389. The maximum atomic E-state index is 14.5. The molecule has 9 aromatic rings. The molecule has 9 saturated heterocycles. The van der Waals surface area contributed by atoms with Crippen LogP contribution in [0, 0.1) is 62.9 Å². The van der Waals surface area contributed by atoms with Gasteiger partial charge in [0.15, 0.2) is 29.9 Å². The number of piperidine rings is 9. The van der Waals surface area contributed by atoms with Gasteiger partial charge in [-0.15, -0.1) is 22.7 Å². The number of para-hydroxylation sites is 2. The number of aliphatic carboxylic acids is 1. The zero-order valence-corrected chi connectivity index (χ0v) is 71.3. The third-order valence-corrected chi connectivity index (χ3v) is 26.1. The summed E-state index contributed by atoms with van der Waals surface area (Å²) in [5, 5.41) is 25.1. The first kappa shape index (κ1) is 91.6. The molecule has 29 heteroatoms. The molecular formula is C90H101BrF6N6O13S3. The summed E-state index contributed by atoms with van der Waals surface area (Å²) in [4.78, 5) is 64.9. The van der Waals surface area contributed by atoms with Crippen LogP contribution >= 0.6 is 34.0 Å². The summed E-state index contributed by atoms with van der Waals surface area (Å²) >= 11 is 4.81. The van der Waals surface area contributed by atoms with Crippen LogP contribution in [0.25, 0.3) is 6.08 Å². The summed E-state index contributed by atoms with van der Waals surface area (Å²) in [7, 11) is 1.43. The average molecular weight is 1760 g/mol. The number of hydrogen-bond donors (Lipinski definition) is 0. The molecule has 9 aliphatic heterocycles. The first-order valence-corrected chi connectivity index (χ1v) is 42.3. The number of methoxy groups -OCH3 is 1. The lowest BCUT2D eigenvalue weighted by molar-refractivity contribution is -0.946. The number of carboxylic acid groups (broad SMARTS) is 2. The van der Waals surface area contributed by atoms with Crippen molar-refractivity contribution in [2.24, 2.45) is 17.8 Å². The SMILES string of the molecule is COc1ccc(N(Cc2ccsc2)C(=O)O[C@H]2C[N+]3(CC=Cc4ccccc4)CCC2CC3)cc1F.Cc1cc(F)ccc1N(Cc1sccc1C)C(=O)O[C@H]1C[N+]2(CCOc3ccccc3)CCC1CC2.Cc1cc(F)ccc1N(Cc1sccc1C)C(=O)O[C@H]1C[N+]2(CCOc3ccccc3)CCC1CC2.O=C([O-])C(F)(F)F.O=C[O-].[Br-]. The van der Waals surface area contributed by atoms with Gasteiger partial charge in [0, 0.05) is 78.6 Å². The maximum Gasteiger partial charge on any atom is 0.430 e. The molecule has 9 aliphatic rings. The zero-order valence-electron chi connectivity index (χ0n) is 67.2. The van der Waals surface area contributed by atoms with Gasteiger partial charge >= 0.3 is 24.5 Å². The number of aryl methyl sites for hydroxylation is 4. The van der Waals surface area contributed by atoms with E-state index in [4.69, 9.17) is 48.2 Å². The summed E-state index contributed by atoms with van der Waals surface area (Å²) in [5.41, 5.74) is 7.74. The van der Waals surface area contributed by atoms with Crippen LogP contribution in [0.3, 0.4) is 0 Å². The van der Waals surface area contributed by atoms with E-state index in [2.05, 4.69) is 36.4 Å². The molecule has 0 N–H and O–H groups in total. The van der Waals surface area contributed by atoms with Gasteiger partial charge in [-0.25, -0.2) is 27.6 Å². The van der Waals surface area contributed by atoms with Crippen molar-refractivity contribution in [2.75, 3.05) is 114 Å². The molecule has 0 unspecified atom stereocenters. The Labute approximate surface area is 713 Å². The summed E-state index contributed by atoms with van der Waals surface area (Å²) < 4.78 is 112. The van der Waals surface area contributed by atoms with E-state index in [0.717, 1.165) is 180 Å². The minimum atomic E-state index is -5.19. The average Bonchev–Trinajstić information content (AvgIpc) is 1.13. The van der Waals surface area contributed by atoms with Crippen LogP contribution in [-0.4, -0.2) is 168 Å². The number of hydrogen-bond acceptors (Lipinski definition) is 16. The van der Waals surface area contributed by atoms with E-state index in [0.29, 0.717) is 67.7 Å². The van der Waals surface area contributed by atoms with Crippen LogP contribution in [0.2, 0.25) is 0 Å². The molecule has 3 amide bonds. The van der Waals surface area contributed by atoms with Crippen LogP contribution in [0.15, 0.2) is 191 Å². The Morgan fingerprint density at radius 3 is 1.31 bits per heavy atom. The highest BCUT2D eigenvalue weighted by Gasteiger charge is 2.51. The summed E-state index contributed by atoms with van der Waals surface area (Å²) in [5.74, 6) is -1.04. The van der Waals surface area contributed by atoms with Crippen molar-refractivity contribution in [3.05, 3.63) is 252 Å². The molecule has 6 bridgehead atoms. The molecule has 9 fully saturated rings. The molecule has 0 aliphatic carbocycles. The number of carbonyl (C=O) groups excluding carboxylic acids is 5. The van der Waals surface area contributed by atoms with Crippen molar-refractivity contribution in [2.45, 2.75) is 110 Å². The number of alkyl halides is 3. The minimum absolute atomic E-state index is 0. The number of rotatable bonds is 24.